The molecule has 29 heavy (non-hydrogen) atoms. The highest BCUT2D eigenvalue weighted by Gasteiger charge is 2.22. The monoisotopic (exact) mass is 459 g/mol. The van der Waals surface area contributed by atoms with Crippen LogP contribution in [0, 0.1) is 0 Å². The van der Waals surface area contributed by atoms with E-state index in [4.69, 9.17) is 4.74 Å². The van der Waals surface area contributed by atoms with Crippen molar-refractivity contribution in [3.05, 3.63) is 58.1 Å². The molecule has 1 aliphatic heterocycles. The Morgan fingerprint density at radius 3 is 2.31 bits per heavy atom. The molecule has 2 amide bonds. The number of ether oxygens (including phenoxy) is 1. The van der Waals surface area contributed by atoms with Crippen LogP contribution >= 0.6 is 15.9 Å². The lowest BCUT2D eigenvalue weighted by molar-refractivity contribution is -0.114. The molecule has 2 unspecified atom stereocenters. The van der Waals surface area contributed by atoms with Crippen molar-refractivity contribution in [2.24, 2.45) is 0 Å². The lowest BCUT2D eigenvalue weighted by atomic mass is 10.1. The van der Waals surface area contributed by atoms with Gasteiger partial charge in [-0.15, -0.1) is 0 Å². The number of anilines is 2. The minimum absolute atomic E-state index is 0.195. The average molecular weight is 460 g/mol. The van der Waals surface area contributed by atoms with Gasteiger partial charge in [0.05, 0.1) is 23.6 Å². The summed E-state index contributed by atoms with van der Waals surface area (Å²) >= 11 is 3.40. The molecule has 2 atom stereocenters. The summed E-state index contributed by atoms with van der Waals surface area (Å²) in [6, 6.07) is 12.9. The van der Waals surface area contributed by atoms with Gasteiger partial charge in [-0.2, -0.15) is 0 Å². The fourth-order valence-corrected chi connectivity index (χ4v) is 3.91. The van der Waals surface area contributed by atoms with Crippen molar-refractivity contribution in [1.82, 2.24) is 4.90 Å². The summed E-state index contributed by atoms with van der Waals surface area (Å²) in [6.07, 6.45) is 0.457. The number of carbonyl (C=O) groups is 2. The molecule has 154 valence electrons. The molecule has 2 N–H and O–H groups in total. The van der Waals surface area contributed by atoms with Crippen LogP contribution in [0.15, 0.2) is 46.9 Å². The van der Waals surface area contributed by atoms with Crippen molar-refractivity contribution in [3.63, 3.8) is 0 Å². The average Bonchev–Trinajstić information content (AvgIpc) is 2.63. The number of nitrogens with one attached hydrogen (secondary N) is 2. The van der Waals surface area contributed by atoms with Crippen molar-refractivity contribution >= 4 is 39.1 Å². The summed E-state index contributed by atoms with van der Waals surface area (Å²) in [5, 5.41) is 5.60. The predicted octanol–water partition coefficient (Wildman–Crippen LogP) is 4.27. The van der Waals surface area contributed by atoms with E-state index in [0.717, 1.165) is 29.7 Å². The van der Waals surface area contributed by atoms with E-state index in [9.17, 15) is 9.59 Å². The van der Waals surface area contributed by atoms with E-state index in [-0.39, 0.29) is 24.0 Å². The maximum Gasteiger partial charge on any atom is 0.255 e. The molecule has 0 bridgehead atoms. The van der Waals surface area contributed by atoms with Crippen molar-refractivity contribution in [2.45, 2.75) is 39.5 Å². The number of rotatable bonds is 5. The minimum Gasteiger partial charge on any atom is -0.373 e. The molecule has 6 nitrogen and oxygen atoms in total. The zero-order valence-corrected chi connectivity index (χ0v) is 18.5. The van der Waals surface area contributed by atoms with Crippen LogP contribution in [0.4, 0.5) is 11.4 Å². The van der Waals surface area contributed by atoms with Crippen LogP contribution in [0.2, 0.25) is 0 Å². The molecular formula is C22H26BrN3O3. The van der Waals surface area contributed by atoms with Gasteiger partial charge in [-0.1, -0.05) is 28.1 Å². The van der Waals surface area contributed by atoms with Gasteiger partial charge in [0.2, 0.25) is 5.91 Å². The Bertz CT molecular complexity index is 875. The number of halogens is 1. The summed E-state index contributed by atoms with van der Waals surface area (Å²) in [5.74, 6) is -0.422. The number of hydrogen-bond donors (Lipinski definition) is 2. The molecule has 1 aliphatic rings. The van der Waals surface area contributed by atoms with Crippen LogP contribution in [0.1, 0.15) is 36.7 Å². The van der Waals surface area contributed by atoms with Gasteiger partial charge in [-0.05, 0) is 49.7 Å². The molecule has 0 aromatic heterocycles. The van der Waals surface area contributed by atoms with E-state index in [1.54, 1.807) is 12.1 Å². The number of morpholine rings is 1. The van der Waals surface area contributed by atoms with Gasteiger partial charge in [-0.3, -0.25) is 14.5 Å². The van der Waals surface area contributed by atoms with E-state index in [1.165, 1.54) is 6.92 Å². The largest absolute Gasteiger partial charge is 0.373 e. The third-order valence-corrected chi connectivity index (χ3v) is 5.15. The van der Waals surface area contributed by atoms with Gasteiger partial charge in [-0.25, -0.2) is 0 Å². The van der Waals surface area contributed by atoms with Crippen LogP contribution in [0.5, 0.6) is 0 Å². The number of hydrogen-bond acceptors (Lipinski definition) is 4. The molecule has 0 radical (unpaired) electrons. The minimum atomic E-state index is -0.227. The third kappa shape index (κ3) is 6.13. The van der Waals surface area contributed by atoms with Gasteiger partial charge < -0.3 is 15.4 Å². The fourth-order valence-electron chi connectivity index (χ4n) is 3.55. The highest BCUT2D eigenvalue weighted by atomic mass is 79.9. The number of nitrogens with zero attached hydrogens (tertiary/aromatic N) is 1. The van der Waals surface area contributed by atoms with Crippen LogP contribution in [-0.2, 0) is 16.1 Å². The van der Waals surface area contributed by atoms with Crippen molar-refractivity contribution in [3.8, 4) is 0 Å². The number of benzene rings is 2. The van der Waals surface area contributed by atoms with Crippen molar-refractivity contribution in [1.29, 1.82) is 0 Å². The second-order valence-corrected chi connectivity index (χ2v) is 8.39. The second-order valence-electron chi connectivity index (χ2n) is 7.47. The first-order chi connectivity index (χ1) is 13.8. The summed E-state index contributed by atoms with van der Waals surface area (Å²) in [6.45, 7) is 8.25. The van der Waals surface area contributed by atoms with Crippen LogP contribution in [0.3, 0.4) is 0 Å². The molecule has 1 saturated heterocycles. The Morgan fingerprint density at radius 2 is 1.69 bits per heavy atom. The Morgan fingerprint density at radius 1 is 1.03 bits per heavy atom. The zero-order chi connectivity index (χ0) is 21.0. The van der Waals surface area contributed by atoms with Gasteiger partial charge in [0.1, 0.15) is 0 Å². The standard InChI is InChI=1S/C22H26BrN3O3/c1-14-11-26(12-15(2)29-14)13-17-4-6-18(7-5-17)22(28)25-21-10-19(23)8-9-20(21)24-16(3)27/h4-10,14-15H,11-13H2,1-3H3,(H,24,27)(H,25,28). The Kier molecular flexibility index (Phi) is 7.05. The fraction of sp³-hybridized carbons (Fsp3) is 0.364. The van der Waals surface area contributed by atoms with Crippen molar-refractivity contribution < 1.29 is 14.3 Å². The van der Waals surface area contributed by atoms with E-state index < -0.39 is 0 Å². The first kappa shape index (κ1) is 21.5. The second kappa shape index (κ2) is 9.52. The van der Waals surface area contributed by atoms with Gasteiger partial charge >= 0.3 is 0 Å². The molecule has 0 aliphatic carbocycles. The lowest BCUT2D eigenvalue weighted by Crippen LogP contribution is -2.44. The van der Waals surface area contributed by atoms with E-state index in [1.807, 2.05) is 30.3 Å². The lowest BCUT2D eigenvalue weighted by Gasteiger charge is -2.35. The quantitative estimate of drug-likeness (QED) is 0.700. The Hall–Kier alpha value is -2.22. The van der Waals surface area contributed by atoms with E-state index in [2.05, 4.69) is 45.3 Å². The van der Waals surface area contributed by atoms with Gasteiger partial charge in [0, 0.05) is 36.6 Å². The number of amides is 2. The molecule has 0 saturated carbocycles. The molecule has 0 spiro atoms. The predicted molar refractivity (Wildman–Crippen MR) is 118 cm³/mol. The summed E-state index contributed by atoms with van der Waals surface area (Å²) in [5.41, 5.74) is 2.82. The molecule has 7 heteroatoms. The molecule has 1 heterocycles. The van der Waals surface area contributed by atoms with Crippen LogP contribution < -0.4 is 10.6 Å². The topological polar surface area (TPSA) is 70.7 Å². The smallest absolute Gasteiger partial charge is 0.255 e. The van der Waals surface area contributed by atoms with Crippen LogP contribution in [-0.4, -0.2) is 42.0 Å². The molecule has 2 aromatic carbocycles. The Labute approximate surface area is 179 Å². The van der Waals surface area contributed by atoms with E-state index >= 15 is 0 Å². The third-order valence-electron chi connectivity index (χ3n) is 4.66. The highest BCUT2D eigenvalue weighted by Crippen LogP contribution is 2.26. The summed E-state index contributed by atoms with van der Waals surface area (Å²) in [4.78, 5) is 26.5. The molecular weight excluding hydrogens is 434 g/mol. The summed E-state index contributed by atoms with van der Waals surface area (Å²) < 4.78 is 6.59. The highest BCUT2D eigenvalue weighted by molar-refractivity contribution is 9.10. The zero-order valence-electron chi connectivity index (χ0n) is 16.9. The Balaban J connectivity index is 1.66. The SMILES string of the molecule is CC(=O)Nc1ccc(Br)cc1NC(=O)c1ccc(CN2CC(C)OC(C)C2)cc1. The molecule has 3 rings (SSSR count). The van der Waals surface area contributed by atoms with Crippen molar-refractivity contribution in [2.75, 3.05) is 23.7 Å². The first-order valence-electron chi connectivity index (χ1n) is 9.65. The van der Waals surface area contributed by atoms with Gasteiger partial charge in [0.15, 0.2) is 0 Å². The van der Waals surface area contributed by atoms with Gasteiger partial charge in [0.25, 0.3) is 5.91 Å². The molecule has 2 aromatic rings. The number of carbonyl (C=O) groups excluding carboxylic acids is 2. The normalized spacial score (nSPS) is 19.6. The maximum absolute atomic E-state index is 12.7. The summed E-state index contributed by atoms with van der Waals surface area (Å²) in [7, 11) is 0. The maximum atomic E-state index is 12.7. The van der Waals surface area contributed by atoms with E-state index in [0.29, 0.717) is 16.9 Å². The molecule has 1 fully saturated rings. The first-order valence-corrected chi connectivity index (χ1v) is 10.4. The van der Waals surface area contributed by atoms with Crippen LogP contribution in [0.25, 0.3) is 0 Å².